The number of carbonyl (C=O) groups excluding carboxylic acids is 1. The molecule has 140 valence electrons. The van der Waals surface area contributed by atoms with Crippen molar-refractivity contribution in [1.82, 2.24) is 19.9 Å². The van der Waals surface area contributed by atoms with E-state index in [4.69, 9.17) is 4.52 Å². The molecular weight excluding hydrogens is 336 g/mol. The van der Waals surface area contributed by atoms with Gasteiger partial charge in [-0.05, 0) is 38.5 Å². The lowest BCUT2D eigenvalue weighted by molar-refractivity contribution is -0.139. The number of hydrogen-bond acceptors (Lipinski definition) is 6. The maximum absolute atomic E-state index is 12.2. The Morgan fingerprint density at radius 3 is 3.00 bits per heavy atom. The van der Waals surface area contributed by atoms with Crippen LogP contribution in [0.15, 0.2) is 4.52 Å². The zero-order chi connectivity index (χ0) is 17.7. The fourth-order valence-corrected chi connectivity index (χ4v) is 4.54. The maximum Gasteiger partial charge on any atom is 0.240 e. The van der Waals surface area contributed by atoms with Gasteiger partial charge < -0.3 is 9.42 Å². The quantitative estimate of drug-likeness (QED) is 0.739. The maximum atomic E-state index is 12.2. The first-order valence-electron chi connectivity index (χ1n) is 9.45. The van der Waals surface area contributed by atoms with Gasteiger partial charge in [-0.3, -0.25) is 9.69 Å². The van der Waals surface area contributed by atoms with Crippen LogP contribution in [0.2, 0.25) is 0 Å². The summed E-state index contributed by atoms with van der Waals surface area (Å²) in [6, 6.07) is 0. The second-order valence-electron chi connectivity index (χ2n) is 7.52. The Balaban J connectivity index is 1.60. The van der Waals surface area contributed by atoms with Crippen LogP contribution >= 0.6 is 11.8 Å². The first kappa shape index (κ1) is 18.7. The Bertz CT molecular complexity index is 579. The molecule has 6 nitrogen and oxygen atoms in total. The molecule has 0 bridgehead atoms. The second-order valence-corrected chi connectivity index (χ2v) is 8.39. The van der Waals surface area contributed by atoms with Crippen LogP contribution in [0.4, 0.5) is 0 Å². The molecule has 2 saturated heterocycles. The van der Waals surface area contributed by atoms with Gasteiger partial charge in [-0.25, -0.2) is 0 Å². The Hall–Kier alpha value is -1.08. The second kappa shape index (κ2) is 8.54. The fraction of sp³-hybridized carbons (Fsp3) is 0.833. The molecule has 3 heterocycles. The van der Waals surface area contributed by atoms with Crippen molar-refractivity contribution in [2.75, 3.05) is 32.4 Å². The highest BCUT2D eigenvalue weighted by Gasteiger charge is 2.41. The predicted octanol–water partition coefficient (Wildman–Crippen LogP) is 2.94. The molecule has 2 aliphatic rings. The summed E-state index contributed by atoms with van der Waals surface area (Å²) in [4.78, 5) is 21.3. The number of unbranched alkanes of at least 4 members (excludes halogenated alkanes) is 1. The van der Waals surface area contributed by atoms with E-state index in [-0.39, 0.29) is 5.41 Å². The minimum atomic E-state index is 0.252. The number of rotatable bonds is 7. The van der Waals surface area contributed by atoms with Crippen molar-refractivity contribution >= 4 is 17.7 Å². The summed E-state index contributed by atoms with van der Waals surface area (Å²) in [6.07, 6.45) is 8.41. The zero-order valence-corrected chi connectivity index (χ0v) is 16.3. The van der Waals surface area contributed by atoms with E-state index in [9.17, 15) is 4.79 Å². The van der Waals surface area contributed by atoms with Gasteiger partial charge in [0.15, 0.2) is 5.82 Å². The average molecular weight is 367 g/mol. The lowest BCUT2D eigenvalue weighted by Gasteiger charge is -2.48. The number of amides is 1. The molecule has 1 amide bonds. The van der Waals surface area contributed by atoms with E-state index < -0.39 is 0 Å². The van der Waals surface area contributed by atoms with Crippen LogP contribution in [0.3, 0.4) is 0 Å². The molecule has 0 aliphatic carbocycles. The Morgan fingerprint density at radius 2 is 2.20 bits per heavy atom. The van der Waals surface area contributed by atoms with Crippen molar-refractivity contribution in [3.63, 3.8) is 0 Å². The normalized spacial score (nSPS) is 25.0. The van der Waals surface area contributed by atoms with E-state index in [0.717, 1.165) is 69.5 Å². The van der Waals surface area contributed by atoms with Crippen molar-refractivity contribution in [3.05, 3.63) is 11.7 Å². The van der Waals surface area contributed by atoms with Crippen molar-refractivity contribution in [1.29, 1.82) is 0 Å². The summed E-state index contributed by atoms with van der Waals surface area (Å²) in [5, 5.41) is 4.04. The van der Waals surface area contributed by atoms with E-state index >= 15 is 0 Å². The summed E-state index contributed by atoms with van der Waals surface area (Å²) in [6.45, 7) is 6.85. The highest BCUT2D eigenvalue weighted by molar-refractivity contribution is 7.97. The van der Waals surface area contributed by atoms with Crippen LogP contribution < -0.4 is 0 Å². The molecule has 0 radical (unpaired) electrons. The fourth-order valence-electron chi connectivity index (χ4n) is 4.17. The van der Waals surface area contributed by atoms with Crippen molar-refractivity contribution in [2.45, 2.75) is 57.7 Å². The molecule has 0 unspecified atom stereocenters. The molecule has 7 heteroatoms. The number of likely N-dealkylation sites (tertiary alicyclic amines) is 2. The Labute approximate surface area is 154 Å². The number of thioether (sulfide) groups is 1. The van der Waals surface area contributed by atoms with Crippen LogP contribution in [-0.4, -0.2) is 58.3 Å². The number of aromatic nitrogens is 2. The SMILES string of the molecule is CCCCN1C[C@@]2(CCCN(Cc3nc(CSC)no3)C2)CCC1=O. The average Bonchev–Trinajstić information content (AvgIpc) is 3.04. The zero-order valence-electron chi connectivity index (χ0n) is 15.5. The van der Waals surface area contributed by atoms with Gasteiger partial charge in [0.05, 0.1) is 12.3 Å². The summed E-state index contributed by atoms with van der Waals surface area (Å²) in [5.41, 5.74) is 0.252. The summed E-state index contributed by atoms with van der Waals surface area (Å²) in [7, 11) is 0. The third kappa shape index (κ3) is 4.76. The van der Waals surface area contributed by atoms with Gasteiger partial charge in [-0.1, -0.05) is 18.5 Å². The highest BCUT2D eigenvalue weighted by atomic mass is 32.2. The van der Waals surface area contributed by atoms with E-state index in [1.54, 1.807) is 11.8 Å². The van der Waals surface area contributed by atoms with Gasteiger partial charge in [-0.15, -0.1) is 0 Å². The lowest BCUT2D eigenvalue weighted by Crippen LogP contribution is -2.53. The molecular formula is C18H30N4O2S. The first-order valence-corrected chi connectivity index (χ1v) is 10.8. The largest absolute Gasteiger partial charge is 0.342 e. The number of carbonyl (C=O) groups is 1. The molecule has 0 N–H and O–H groups in total. The van der Waals surface area contributed by atoms with Crippen LogP contribution in [0.5, 0.6) is 0 Å². The van der Waals surface area contributed by atoms with Gasteiger partial charge in [0.1, 0.15) is 0 Å². The summed E-state index contributed by atoms with van der Waals surface area (Å²) in [5.74, 6) is 2.64. The monoisotopic (exact) mass is 366 g/mol. The smallest absolute Gasteiger partial charge is 0.240 e. The molecule has 1 atom stereocenters. The first-order chi connectivity index (χ1) is 12.1. The van der Waals surface area contributed by atoms with Crippen LogP contribution in [0, 0.1) is 5.41 Å². The van der Waals surface area contributed by atoms with E-state index in [1.807, 2.05) is 6.26 Å². The third-order valence-corrected chi connectivity index (χ3v) is 5.96. The van der Waals surface area contributed by atoms with Gasteiger partial charge in [0.2, 0.25) is 11.8 Å². The summed E-state index contributed by atoms with van der Waals surface area (Å²) >= 11 is 1.70. The van der Waals surface area contributed by atoms with Crippen LogP contribution in [0.25, 0.3) is 0 Å². The molecule has 0 saturated carbocycles. The third-order valence-electron chi connectivity index (χ3n) is 5.41. The van der Waals surface area contributed by atoms with Gasteiger partial charge in [0.25, 0.3) is 0 Å². The number of piperidine rings is 2. The Kier molecular flexibility index (Phi) is 6.39. The highest BCUT2D eigenvalue weighted by Crippen LogP contribution is 2.39. The van der Waals surface area contributed by atoms with Crippen molar-refractivity contribution < 1.29 is 9.32 Å². The van der Waals surface area contributed by atoms with Gasteiger partial charge in [0, 0.05) is 31.5 Å². The van der Waals surface area contributed by atoms with E-state index in [2.05, 4.69) is 26.9 Å². The number of hydrogen-bond donors (Lipinski definition) is 0. The molecule has 2 aliphatic heterocycles. The van der Waals surface area contributed by atoms with Crippen LogP contribution in [-0.2, 0) is 17.1 Å². The minimum Gasteiger partial charge on any atom is -0.342 e. The predicted molar refractivity (Wildman–Crippen MR) is 99.2 cm³/mol. The molecule has 25 heavy (non-hydrogen) atoms. The summed E-state index contributed by atoms with van der Waals surface area (Å²) < 4.78 is 5.41. The standard InChI is InChI=1S/C18H30N4O2S/c1-3-4-10-22-14-18(8-6-17(22)23)7-5-9-21(13-18)11-16-19-15(12-25-2)20-24-16/h3-14H2,1-2H3/t18-/m0/s1. The van der Waals surface area contributed by atoms with E-state index in [1.165, 1.54) is 12.8 Å². The molecule has 2 fully saturated rings. The topological polar surface area (TPSA) is 62.5 Å². The van der Waals surface area contributed by atoms with Gasteiger partial charge in [-0.2, -0.15) is 16.7 Å². The molecule has 1 spiro atoms. The molecule has 3 rings (SSSR count). The molecule has 0 aromatic carbocycles. The van der Waals surface area contributed by atoms with Gasteiger partial charge >= 0.3 is 0 Å². The molecule has 1 aromatic rings. The number of nitrogens with zero attached hydrogens (tertiary/aromatic N) is 4. The van der Waals surface area contributed by atoms with Crippen molar-refractivity contribution in [2.24, 2.45) is 5.41 Å². The van der Waals surface area contributed by atoms with Crippen molar-refractivity contribution in [3.8, 4) is 0 Å². The Morgan fingerprint density at radius 1 is 1.32 bits per heavy atom. The molecule has 1 aromatic heterocycles. The van der Waals surface area contributed by atoms with Crippen LogP contribution in [0.1, 0.15) is 57.2 Å². The lowest BCUT2D eigenvalue weighted by atomic mass is 9.73. The van der Waals surface area contributed by atoms with E-state index in [0.29, 0.717) is 12.3 Å². The minimum absolute atomic E-state index is 0.252.